The SMILES string of the molecule is c1ccc(-n2c3ccccc3c3cc(-c4nc(-c5ccc6ccccc6c5)nc(-c5c(-n6c7cc8ccccc8cc7c7cc8ccccc8cc76)ccc6c5oc5ccccc56)n4)ccc32)cc1. The number of fused-ring (bicyclic) bond motifs is 12. The van der Waals surface area contributed by atoms with Crippen LogP contribution < -0.4 is 0 Å². The van der Waals surface area contributed by atoms with Crippen molar-refractivity contribution in [3.8, 4) is 45.5 Å². The molecule has 0 saturated carbocycles. The monoisotopic (exact) mass is 879 g/mol. The van der Waals surface area contributed by atoms with Crippen molar-refractivity contribution >= 4 is 97.9 Å². The van der Waals surface area contributed by atoms with E-state index in [0.717, 1.165) is 98.8 Å². The first-order valence-corrected chi connectivity index (χ1v) is 23.3. The van der Waals surface area contributed by atoms with Gasteiger partial charge in [0.1, 0.15) is 11.2 Å². The number of hydrogen-bond acceptors (Lipinski definition) is 4. The molecule has 0 amide bonds. The fraction of sp³-hybridized carbons (Fsp3) is 0. The second-order valence-electron chi connectivity index (χ2n) is 18.0. The standard InChI is InChI=1S/C63H37N5O/c1-2-20-46(21-3-1)67-53-24-12-10-22-47(53)50-35-45(28-30-54(50)67)62-64-61(44-27-26-38-14-4-5-15-39(38)32-44)65-63(66-62)59-55(31-29-49-48-23-11-13-25-58(48)69-60(49)59)68-56-36-42-18-8-6-16-40(42)33-51(56)52-34-41-17-7-9-19-43(41)37-57(52)68/h1-37H. The lowest BCUT2D eigenvalue weighted by atomic mass is 10.0. The Morgan fingerprint density at radius 1 is 0.304 bits per heavy atom. The quantitative estimate of drug-likeness (QED) is 0.173. The molecule has 0 fully saturated rings. The van der Waals surface area contributed by atoms with Crippen LogP contribution in [0.1, 0.15) is 0 Å². The third-order valence-corrected chi connectivity index (χ3v) is 14.1. The highest BCUT2D eigenvalue weighted by molar-refractivity contribution is 6.18. The number of benzene rings is 11. The van der Waals surface area contributed by atoms with Crippen LogP contribution in [-0.2, 0) is 0 Å². The molecule has 0 unspecified atom stereocenters. The topological polar surface area (TPSA) is 61.7 Å². The molecule has 6 nitrogen and oxygen atoms in total. The summed E-state index contributed by atoms with van der Waals surface area (Å²) in [5, 5.41) is 13.6. The number of aromatic nitrogens is 5. The minimum absolute atomic E-state index is 0.520. The molecular weight excluding hydrogens is 843 g/mol. The van der Waals surface area contributed by atoms with Gasteiger partial charge >= 0.3 is 0 Å². The van der Waals surface area contributed by atoms with Crippen molar-refractivity contribution in [1.82, 2.24) is 24.1 Å². The van der Waals surface area contributed by atoms with E-state index in [4.69, 9.17) is 19.4 Å². The van der Waals surface area contributed by atoms with Crippen LogP contribution in [0.25, 0.3) is 143 Å². The van der Waals surface area contributed by atoms with E-state index in [9.17, 15) is 0 Å². The Kier molecular flexibility index (Phi) is 7.97. The Morgan fingerprint density at radius 3 is 1.54 bits per heavy atom. The fourth-order valence-corrected chi connectivity index (χ4v) is 10.9. The van der Waals surface area contributed by atoms with Gasteiger partial charge in [-0.25, -0.2) is 15.0 Å². The van der Waals surface area contributed by atoms with Gasteiger partial charge in [-0.1, -0.05) is 140 Å². The predicted molar refractivity (Wildman–Crippen MR) is 285 cm³/mol. The molecule has 0 aliphatic rings. The van der Waals surface area contributed by atoms with E-state index >= 15 is 0 Å². The average molecular weight is 880 g/mol. The minimum Gasteiger partial charge on any atom is -0.455 e. The van der Waals surface area contributed by atoms with Crippen molar-refractivity contribution in [2.24, 2.45) is 0 Å². The van der Waals surface area contributed by atoms with E-state index in [1.807, 2.05) is 12.1 Å². The van der Waals surface area contributed by atoms with Crippen LogP contribution in [-0.4, -0.2) is 24.1 Å². The van der Waals surface area contributed by atoms with Gasteiger partial charge in [-0.2, -0.15) is 0 Å². The molecule has 0 radical (unpaired) electrons. The summed E-state index contributed by atoms with van der Waals surface area (Å²) in [6.07, 6.45) is 0. The van der Waals surface area contributed by atoms with Crippen LogP contribution in [0.2, 0.25) is 0 Å². The summed E-state index contributed by atoms with van der Waals surface area (Å²) in [5.74, 6) is 1.66. The third kappa shape index (κ3) is 5.76. The lowest BCUT2D eigenvalue weighted by molar-refractivity contribution is 0.669. The highest BCUT2D eigenvalue weighted by Crippen LogP contribution is 2.44. The lowest BCUT2D eigenvalue weighted by Gasteiger charge is -2.16. The van der Waals surface area contributed by atoms with Gasteiger partial charge in [0.25, 0.3) is 0 Å². The molecule has 15 aromatic rings. The first-order chi connectivity index (χ1) is 34.2. The Balaban J connectivity index is 1.06. The van der Waals surface area contributed by atoms with E-state index in [2.05, 4.69) is 221 Å². The zero-order valence-electron chi connectivity index (χ0n) is 37.0. The first-order valence-electron chi connectivity index (χ1n) is 23.3. The normalized spacial score (nSPS) is 12.1. The Bertz CT molecular complexity index is 4520. The summed E-state index contributed by atoms with van der Waals surface area (Å²) in [6, 6.07) is 79.9. The zero-order chi connectivity index (χ0) is 45.2. The molecule has 0 atom stereocenters. The van der Waals surface area contributed by atoms with Crippen LogP contribution in [0.4, 0.5) is 0 Å². The third-order valence-electron chi connectivity index (χ3n) is 14.1. The Hall–Kier alpha value is -9.39. The van der Waals surface area contributed by atoms with Crippen molar-refractivity contribution in [2.45, 2.75) is 0 Å². The highest BCUT2D eigenvalue weighted by atomic mass is 16.3. The maximum Gasteiger partial charge on any atom is 0.170 e. The summed E-state index contributed by atoms with van der Waals surface area (Å²) in [7, 11) is 0. The fourth-order valence-electron chi connectivity index (χ4n) is 10.9. The molecule has 0 saturated heterocycles. The van der Waals surface area contributed by atoms with E-state index in [1.165, 1.54) is 21.5 Å². The second kappa shape index (κ2) is 14.6. The Morgan fingerprint density at radius 2 is 0.826 bits per heavy atom. The molecule has 15 rings (SSSR count). The number of nitrogens with zero attached hydrogens (tertiary/aromatic N) is 5. The molecule has 0 aliphatic carbocycles. The van der Waals surface area contributed by atoms with E-state index < -0.39 is 0 Å². The molecule has 6 heteroatoms. The van der Waals surface area contributed by atoms with Crippen LogP contribution >= 0.6 is 0 Å². The van der Waals surface area contributed by atoms with Gasteiger partial charge in [-0.3, -0.25) is 0 Å². The molecule has 0 aliphatic heterocycles. The molecular formula is C63H37N5O. The molecule has 11 aromatic carbocycles. The predicted octanol–water partition coefficient (Wildman–Crippen LogP) is 16.4. The van der Waals surface area contributed by atoms with Gasteiger partial charge in [0.2, 0.25) is 0 Å². The molecule has 320 valence electrons. The molecule has 4 heterocycles. The number of rotatable bonds is 5. The van der Waals surface area contributed by atoms with Crippen molar-refractivity contribution < 1.29 is 4.42 Å². The Labute approximate surface area is 394 Å². The van der Waals surface area contributed by atoms with Crippen molar-refractivity contribution in [1.29, 1.82) is 0 Å². The smallest absolute Gasteiger partial charge is 0.170 e. The van der Waals surface area contributed by atoms with Gasteiger partial charge in [0, 0.05) is 49.1 Å². The van der Waals surface area contributed by atoms with Gasteiger partial charge in [-0.15, -0.1) is 0 Å². The van der Waals surface area contributed by atoms with Crippen LogP contribution in [0.3, 0.4) is 0 Å². The highest BCUT2D eigenvalue weighted by Gasteiger charge is 2.26. The van der Waals surface area contributed by atoms with Crippen molar-refractivity contribution in [2.75, 3.05) is 0 Å². The lowest BCUT2D eigenvalue weighted by Crippen LogP contribution is -2.04. The van der Waals surface area contributed by atoms with Crippen LogP contribution in [0, 0.1) is 0 Å². The summed E-state index contributed by atoms with van der Waals surface area (Å²) < 4.78 is 11.8. The summed E-state index contributed by atoms with van der Waals surface area (Å²) in [6.45, 7) is 0. The first kappa shape index (κ1) is 37.8. The number of hydrogen-bond donors (Lipinski definition) is 0. The van der Waals surface area contributed by atoms with Gasteiger partial charge in [0.15, 0.2) is 17.5 Å². The largest absolute Gasteiger partial charge is 0.455 e. The molecule has 0 N–H and O–H groups in total. The van der Waals surface area contributed by atoms with Gasteiger partial charge in [0.05, 0.1) is 33.3 Å². The molecule has 69 heavy (non-hydrogen) atoms. The second-order valence-corrected chi connectivity index (χ2v) is 18.0. The van der Waals surface area contributed by atoms with E-state index in [-0.39, 0.29) is 0 Å². The number of para-hydroxylation sites is 3. The average Bonchev–Trinajstić information content (AvgIpc) is 4.06. The van der Waals surface area contributed by atoms with Crippen molar-refractivity contribution in [3.05, 3.63) is 224 Å². The summed E-state index contributed by atoms with van der Waals surface area (Å²) >= 11 is 0. The summed E-state index contributed by atoms with van der Waals surface area (Å²) in [5.41, 5.74) is 10.5. The van der Waals surface area contributed by atoms with Crippen molar-refractivity contribution in [3.63, 3.8) is 0 Å². The van der Waals surface area contributed by atoms with Gasteiger partial charge < -0.3 is 13.6 Å². The maximum absolute atomic E-state index is 7.02. The zero-order valence-corrected chi connectivity index (χ0v) is 37.0. The van der Waals surface area contributed by atoms with E-state index in [0.29, 0.717) is 23.1 Å². The van der Waals surface area contributed by atoms with E-state index in [1.54, 1.807) is 0 Å². The summed E-state index contributed by atoms with van der Waals surface area (Å²) in [4.78, 5) is 16.5. The van der Waals surface area contributed by atoms with Crippen LogP contribution in [0.5, 0.6) is 0 Å². The van der Waals surface area contributed by atoms with Crippen LogP contribution in [0.15, 0.2) is 229 Å². The molecule has 4 aromatic heterocycles. The molecule has 0 spiro atoms. The maximum atomic E-state index is 7.02. The molecule has 0 bridgehead atoms. The van der Waals surface area contributed by atoms with Gasteiger partial charge in [-0.05, 0) is 117 Å². The minimum atomic E-state index is 0.520. The number of furan rings is 1.